The van der Waals surface area contributed by atoms with Crippen molar-refractivity contribution in [2.75, 3.05) is 44.7 Å². The van der Waals surface area contributed by atoms with Gasteiger partial charge in [-0.15, -0.1) is 0 Å². The number of aromatic nitrogens is 4. The smallest absolute Gasteiger partial charge is 0.410 e. The first-order valence-electron chi connectivity index (χ1n) is 20.0. The van der Waals surface area contributed by atoms with Crippen LogP contribution in [0.3, 0.4) is 0 Å². The highest BCUT2D eigenvalue weighted by molar-refractivity contribution is 5.94. The van der Waals surface area contributed by atoms with Gasteiger partial charge in [-0.25, -0.2) is 28.5 Å². The highest BCUT2D eigenvalue weighted by atomic mass is 19.2. The molecule has 4 fully saturated rings. The molecule has 3 aliphatic carbocycles. The molecule has 2 aromatic carbocycles. The van der Waals surface area contributed by atoms with E-state index in [1.807, 2.05) is 55.9 Å². The van der Waals surface area contributed by atoms with Crippen molar-refractivity contribution in [1.82, 2.24) is 29.6 Å². The number of halogens is 3. The van der Waals surface area contributed by atoms with E-state index in [2.05, 4.69) is 26.4 Å². The van der Waals surface area contributed by atoms with Crippen LogP contribution in [0.1, 0.15) is 80.9 Å². The third-order valence-corrected chi connectivity index (χ3v) is 12.1. The lowest BCUT2D eigenvalue weighted by Gasteiger charge is -2.53. The molecule has 0 unspecified atom stereocenters. The maximum atomic E-state index is 15.1. The summed E-state index contributed by atoms with van der Waals surface area (Å²) in [4.78, 5) is 43.8. The molecule has 4 aliphatic rings. The topological polar surface area (TPSA) is 123 Å². The second-order valence-electron chi connectivity index (χ2n) is 17.0. The van der Waals surface area contributed by atoms with Gasteiger partial charge >= 0.3 is 6.09 Å². The Labute approximate surface area is 340 Å². The minimum atomic E-state index is -1.55. The van der Waals surface area contributed by atoms with Crippen molar-refractivity contribution in [1.29, 1.82) is 0 Å². The lowest BCUT2D eigenvalue weighted by molar-refractivity contribution is 0.0240. The van der Waals surface area contributed by atoms with Gasteiger partial charge in [0.2, 0.25) is 11.8 Å². The predicted molar refractivity (Wildman–Crippen MR) is 214 cm³/mol. The summed E-state index contributed by atoms with van der Waals surface area (Å²) in [5.74, 6) is -4.68. The van der Waals surface area contributed by atoms with Gasteiger partial charge in [0.15, 0.2) is 17.4 Å². The molecule has 2 bridgehead atoms. The number of methoxy groups -OCH3 is 1. The lowest BCUT2D eigenvalue weighted by atomic mass is 9.53. The highest BCUT2D eigenvalue weighted by Gasteiger charge is 2.50. The number of nitrogens with zero attached hydrogens (tertiary/aromatic N) is 6. The first-order valence-corrected chi connectivity index (χ1v) is 20.0. The van der Waals surface area contributed by atoms with Gasteiger partial charge in [0, 0.05) is 68.5 Å². The molecule has 9 rings (SSSR count). The fourth-order valence-electron chi connectivity index (χ4n) is 8.49. The van der Waals surface area contributed by atoms with Gasteiger partial charge < -0.3 is 33.7 Å². The Kier molecular flexibility index (Phi) is 10.6. The average molecular weight is 812 g/mol. The molecule has 1 N–H and O–H groups in total. The number of hydrogen-bond donors (Lipinski definition) is 1. The monoisotopic (exact) mass is 811 g/mol. The van der Waals surface area contributed by atoms with Gasteiger partial charge in [0.1, 0.15) is 23.6 Å². The van der Waals surface area contributed by atoms with Crippen LogP contribution in [-0.4, -0.2) is 81.7 Å². The minimum absolute atomic E-state index is 0.101. The van der Waals surface area contributed by atoms with Crippen molar-refractivity contribution in [2.45, 2.75) is 76.9 Å². The second-order valence-corrected chi connectivity index (χ2v) is 17.0. The number of piperazine rings is 1. The van der Waals surface area contributed by atoms with Gasteiger partial charge in [0.05, 0.1) is 18.4 Å². The number of hydrogen-bond acceptors (Lipinski definition) is 9. The summed E-state index contributed by atoms with van der Waals surface area (Å²) in [6.07, 6.45) is 12.5. The number of nitrogens with one attached hydrogen (secondary N) is 1. The van der Waals surface area contributed by atoms with E-state index >= 15 is 8.78 Å². The number of anilines is 1. The molecule has 0 atom stereocenters. The van der Waals surface area contributed by atoms with Gasteiger partial charge in [-0.1, -0.05) is 12.1 Å². The Morgan fingerprint density at radius 1 is 0.864 bits per heavy atom. The van der Waals surface area contributed by atoms with Crippen molar-refractivity contribution < 1.29 is 37.0 Å². The molecule has 4 heterocycles. The standard InChI is InChI=1S/C44H48F3N7O5/c1-42(2,3)59-41(56)53-19-17-52(18-20-53)40-48-23-30(24-49-40)29-9-16-54-25-34(51-35(54)21-29)44-13-10-43(11-14-44,12-15-44)27-50-39(55)32-22-33(45)38(37(47)36(32)46)58-26-28-5-7-31(57-4)8-6-28/h5-9,16,21-25H,10-15,17-20,26-27H2,1-4H3,(H,50,55). The number of rotatable bonds is 10. The lowest BCUT2D eigenvalue weighted by Crippen LogP contribution is -2.50. The number of carbonyl (C=O) groups excluding carboxylic acids is 2. The van der Waals surface area contributed by atoms with Gasteiger partial charge in [-0.3, -0.25) is 4.79 Å². The number of benzene rings is 2. The molecule has 59 heavy (non-hydrogen) atoms. The van der Waals surface area contributed by atoms with E-state index in [1.165, 1.54) is 7.11 Å². The van der Waals surface area contributed by atoms with Gasteiger partial charge in [-0.2, -0.15) is 4.39 Å². The summed E-state index contributed by atoms with van der Waals surface area (Å²) >= 11 is 0. The Hall–Kier alpha value is -5.86. The largest absolute Gasteiger partial charge is 0.497 e. The fourth-order valence-corrected chi connectivity index (χ4v) is 8.49. The van der Waals surface area contributed by atoms with E-state index in [-0.39, 0.29) is 30.1 Å². The zero-order chi connectivity index (χ0) is 41.5. The molecule has 0 spiro atoms. The van der Waals surface area contributed by atoms with E-state index in [0.29, 0.717) is 49.5 Å². The van der Waals surface area contributed by atoms with Crippen molar-refractivity contribution >= 4 is 23.6 Å². The molecule has 2 amide bonds. The molecule has 15 heteroatoms. The van der Waals surface area contributed by atoms with E-state index in [1.54, 1.807) is 29.2 Å². The minimum Gasteiger partial charge on any atom is -0.497 e. The van der Waals surface area contributed by atoms with E-state index < -0.39 is 40.3 Å². The van der Waals surface area contributed by atoms with Crippen molar-refractivity contribution in [3.8, 4) is 22.6 Å². The molecule has 5 aromatic rings. The number of imidazole rings is 1. The molecule has 3 aromatic heterocycles. The molecule has 3 saturated carbocycles. The maximum Gasteiger partial charge on any atom is 0.410 e. The quantitative estimate of drug-likeness (QED) is 0.140. The second kappa shape index (κ2) is 15.7. The van der Waals surface area contributed by atoms with Crippen LogP contribution in [-0.2, 0) is 16.8 Å². The van der Waals surface area contributed by atoms with Crippen molar-refractivity contribution in [3.63, 3.8) is 0 Å². The normalized spacial score (nSPS) is 20.5. The molecule has 12 nitrogen and oxygen atoms in total. The van der Waals surface area contributed by atoms with E-state index in [9.17, 15) is 14.0 Å². The Bertz CT molecular complexity index is 2330. The summed E-state index contributed by atoms with van der Waals surface area (Å²) in [7, 11) is 1.52. The van der Waals surface area contributed by atoms with Crippen LogP contribution >= 0.6 is 0 Å². The molecule has 310 valence electrons. The summed E-state index contributed by atoms with van der Waals surface area (Å²) in [6.45, 7) is 7.93. The first-order chi connectivity index (χ1) is 28.2. The molecule has 0 radical (unpaired) electrons. The van der Waals surface area contributed by atoms with Crippen LogP contribution in [0.25, 0.3) is 16.8 Å². The summed E-state index contributed by atoms with van der Waals surface area (Å²) in [5.41, 5.74) is 2.74. The number of pyridine rings is 1. The SMILES string of the molecule is COc1ccc(COc2c(F)cc(C(=O)NCC34CCC(c5cn6ccc(-c7cnc(N8CCN(C(=O)OC(C)(C)C)CC8)nc7)cc6n5)(CC3)CC4)c(F)c2F)cc1. The van der Waals surface area contributed by atoms with Crippen molar-refractivity contribution in [3.05, 3.63) is 102 Å². The Morgan fingerprint density at radius 3 is 2.19 bits per heavy atom. The summed E-state index contributed by atoms with van der Waals surface area (Å²) in [6, 6.07) is 11.4. The molecule has 1 aliphatic heterocycles. The van der Waals surface area contributed by atoms with Crippen LogP contribution < -0.4 is 19.7 Å². The predicted octanol–water partition coefficient (Wildman–Crippen LogP) is 7.88. The highest BCUT2D eigenvalue weighted by Crippen LogP contribution is 2.57. The van der Waals surface area contributed by atoms with E-state index in [4.69, 9.17) is 19.2 Å². The Balaban J connectivity index is 0.862. The number of amides is 2. The van der Waals surface area contributed by atoms with Crippen LogP contribution in [0.5, 0.6) is 11.5 Å². The van der Waals surface area contributed by atoms with Gasteiger partial charge in [0.25, 0.3) is 5.91 Å². The third kappa shape index (κ3) is 8.24. The molecule has 1 saturated heterocycles. The maximum absolute atomic E-state index is 15.1. The van der Waals surface area contributed by atoms with Crippen LogP contribution in [0.2, 0.25) is 0 Å². The number of fused-ring (bicyclic) bond motifs is 4. The van der Waals surface area contributed by atoms with Crippen LogP contribution in [0, 0.1) is 22.9 Å². The zero-order valence-electron chi connectivity index (χ0n) is 33.7. The summed E-state index contributed by atoms with van der Waals surface area (Å²) in [5, 5.41) is 2.78. The van der Waals surface area contributed by atoms with E-state index in [0.717, 1.165) is 61.0 Å². The fraction of sp³-hybridized carbons (Fsp3) is 0.432. The summed E-state index contributed by atoms with van der Waals surface area (Å²) < 4.78 is 63.1. The van der Waals surface area contributed by atoms with Crippen molar-refractivity contribution in [2.24, 2.45) is 5.41 Å². The zero-order valence-corrected chi connectivity index (χ0v) is 33.7. The number of carbonyl (C=O) groups is 2. The number of ether oxygens (including phenoxy) is 3. The third-order valence-electron chi connectivity index (χ3n) is 12.1. The first kappa shape index (κ1) is 39.9. The molecular weight excluding hydrogens is 764 g/mol. The Morgan fingerprint density at radius 2 is 1.54 bits per heavy atom. The van der Waals surface area contributed by atoms with Gasteiger partial charge in [-0.05, 0) is 106 Å². The molecular formula is C44H48F3N7O5. The van der Waals surface area contributed by atoms with Crippen LogP contribution in [0.4, 0.5) is 23.9 Å². The average Bonchev–Trinajstić information content (AvgIpc) is 3.69. The van der Waals surface area contributed by atoms with Crippen LogP contribution in [0.15, 0.2) is 67.3 Å².